The molecule has 0 aromatic carbocycles. The third-order valence-corrected chi connectivity index (χ3v) is 2.65. The standard InChI is InChI=1S/C11H18O2/c1-3-11(13-9(2)12)10-7-5-4-6-8-10/h3,10-11H,1,4-8H2,2H3/t11-/m1/s1. The molecule has 1 rings (SSSR count). The van der Waals surface area contributed by atoms with Crippen molar-refractivity contribution in [1.82, 2.24) is 0 Å². The quantitative estimate of drug-likeness (QED) is 0.495. The topological polar surface area (TPSA) is 26.3 Å². The molecule has 2 nitrogen and oxygen atoms in total. The Hall–Kier alpha value is -0.790. The van der Waals surface area contributed by atoms with Gasteiger partial charge in [-0.1, -0.05) is 31.9 Å². The van der Waals surface area contributed by atoms with E-state index in [0.29, 0.717) is 5.92 Å². The van der Waals surface area contributed by atoms with Gasteiger partial charge in [-0.3, -0.25) is 4.79 Å². The fraction of sp³-hybridized carbons (Fsp3) is 0.727. The Labute approximate surface area is 80.0 Å². The van der Waals surface area contributed by atoms with Crippen molar-refractivity contribution in [3.63, 3.8) is 0 Å². The van der Waals surface area contributed by atoms with E-state index in [2.05, 4.69) is 6.58 Å². The average Bonchev–Trinajstić information content (AvgIpc) is 2.15. The Morgan fingerprint density at radius 3 is 2.54 bits per heavy atom. The van der Waals surface area contributed by atoms with Crippen LogP contribution < -0.4 is 0 Å². The van der Waals surface area contributed by atoms with Crippen LogP contribution in [0, 0.1) is 5.92 Å². The van der Waals surface area contributed by atoms with E-state index >= 15 is 0 Å². The Kier molecular flexibility index (Phi) is 4.00. The van der Waals surface area contributed by atoms with Crippen LogP contribution in [-0.4, -0.2) is 12.1 Å². The number of esters is 1. The molecule has 0 radical (unpaired) electrons. The Morgan fingerprint density at radius 2 is 2.08 bits per heavy atom. The first-order valence-electron chi connectivity index (χ1n) is 5.04. The predicted octanol–water partition coefficient (Wildman–Crippen LogP) is 2.68. The van der Waals surface area contributed by atoms with Crippen molar-refractivity contribution in [2.75, 3.05) is 0 Å². The molecule has 74 valence electrons. The maximum atomic E-state index is 10.8. The SMILES string of the molecule is C=C[C@@H](OC(C)=O)C1CCCCC1. The van der Waals surface area contributed by atoms with Crippen LogP contribution in [0.4, 0.5) is 0 Å². The van der Waals surface area contributed by atoms with Crippen LogP contribution >= 0.6 is 0 Å². The van der Waals surface area contributed by atoms with Gasteiger partial charge < -0.3 is 4.74 Å². The lowest BCUT2D eigenvalue weighted by Gasteiger charge is -2.27. The molecule has 2 heteroatoms. The van der Waals surface area contributed by atoms with E-state index in [1.807, 2.05) is 0 Å². The number of carbonyl (C=O) groups is 1. The summed E-state index contributed by atoms with van der Waals surface area (Å²) < 4.78 is 5.18. The van der Waals surface area contributed by atoms with Gasteiger partial charge in [0.15, 0.2) is 0 Å². The molecule has 1 saturated carbocycles. The van der Waals surface area contributed by atoms with Gasteiger partial charge in [0.25, 0.3) is 0 Å². The van der Waals surface area contributed by atoms with Crippen LogP contribution in [-0.2, 0) is 9.53 Å². The maximum Gasteiger partial charge on any atom is 0.303 e. The van der Waals surface area contributed by atoms with Crippen molar-refractivity contribution in [3.05, 3.63) is 12.7 Å². The van der Waals surface area contributed by atoms with E-state index in [1.54, 1.807) is 6.08 Å². The van der Waals surface area contributed by atoms with Gasteiger partial charge in [0.2, 0.25) is 0 Å². The number of hydrogen-bond donors (Lipinski definition) is 0. The Balaban J connectivity index is 2.43. The molecular formula is C11H18O2. The van der Waals surface area contributed by atoms with Crippen LogP contribution in [0.2, 0.25) is 0 Å². The van der Waals surface area contributed by atoms with Crippen LogP contribution in [0.5, 0.6) is 0 Å². The van der Waals surface area contributed by atoms with Crippen LogP contribution in [0.3, 0.4) is 0 Å². The summed E-state index contributed by atoms with van der Waals surface area (Å²) in [5.74, 6) is 0.311. The minimum absolute atomic E-state index is 0.0576. The van der Waals surface area contributed by atoms with Gasteiger partial charge in [-0.15, -0.1) is 0 Å². The highest BCUT2D eigenvalue weighted by Crippen LogP contribution is 2.28. The van der Waals surface area contributed by atoms with Gasteiger partial charge in [0.05, 0.1) is 0 Å². The molecule has 0 aliphatic heterocycles. The highest BCUT2D eigenvalue weighted by Gasteiger charge is 2.23. The Morgan fingerprint density at radius 1 is 1.46 bits per heavy atom. The number of carbonyl (C=O) groups excluding carboxylic acids is 1. The van der Waals surface area contributed by atoms with E-state index in [0.717, 1.165) is 0 Å². The summed E-state index contributed by atoms with van der Waals surface area (Å²) in [6.07, 6.45) is 7.89. The van der Waals surface area contributed by atoms with Gasteiger partial charge in [0, 0.05) is 6.92 Å². The molecule has 0 amide bonds. The van der Waals surface area contributed by atoms with E-state index < -0.39 is 0 Å². The minimum Gasteiger partial charge on any atom is -0.458 e. The van der Waals surface area contributed by atoms with Crippen molar-refractivity contribution in [3.8, 4) is 0 Å². The van der Waals surface area contributed by atoms with Gasteiger partial charge in [0.1, 0.15) is 6.10 Å². The molecule has 0 aromatic rings. The summed E-state index contributed by atoms with van der Waals surface area (Å²) in [5.41, 5.74) is 0. The second-order valence-electron chi connectivity index (χ2n) is 3.71. The predicted molar refractivity (Wildman–Crippen MR) is 52.3 cm³/mol. The average molecular weight is 182 g/mol. The van der Waals surface area contributed by atoms with Crippen LogP contribution in [0.15, 0.2) is 12.7 Å². The highest BCUT2D eigenvalue weighted by molar-refractivity contribution is 5.66. The third kappa shape index (κ3) is 3.21. The van der Waals surface area contributed by atoms with Crippen LogP contribution in [0.25, 0.3) is 0 Å². The van der Waals surface area contributed by atoms with Gasteiger partial charge in [-0.05, 0) is 18.8 Å². The zero-order valence-corrected chi connectivity index (χ0v) is 8.29. The maximum absolute atomic E-state index is 10.8. The number of hydrogen-bond acceptors (Lipinski definition) is 2. The summed E-state index contributed by atoms with van der Waals surface area (Å²) in [6.45, 7) is 5.17. The van der Waals surface area contributed by atoms with Crippen molar-refractivity contribution in [2.45, 2.75) is 45.1 Å². The lowest BCUT2D eigenvalue weighted by Crippen LogP contribution is -2.25. The van der Waals surface area contributed by atoms with Crippen molar-refractivity contribution >= 4 is 5.97 Å². The lowest BCUT2D eigenvalue weighted by atomic mass is 9.85. The van der Waals surface area contributed by atoms with Gasteiger partial charge >= 0.3 is 5.97 Å². The van der Waals surface area contributed by atoms with Gasteiger partial charge in [-0.25, -0.2) is 0 Å². The van der Waals surface area contributed by atoms with E-state index in [9.17, 15) is 4.79 Å². The minimum atomic E-state index is -0.199. The molecule has 1 aliphatic carbocycles. The summed E-state index contributed by atoms with van der Waals surface area (Å²) in [6, 6.07) is 0. The first-order chi connectivity index (χ1) is 6.24. The lowest BCUT2D eigenvalue weighted by molar-refractivity contribution is -0.146. The molecule has 1 aliphatic rings. The fourth-order valence-electron chi connectivity index (χ4n) is 1.99. The van der Waals surface area contributed by atoms with Gasteiger partial charge in [-0.2, -0.15) is 0 Å². The number of ether oxygens (including phenoxy) is 1. The molecule has 1 fully saturated rings. The zero-order valence-electron chi connectivity index (χ0n) is 8.29. The van der Waals surface area contributed by atoms with Crippen molar-refractivity contribution in [1.29, 1.82) is 0 Å². The first-order valence-corrected chi connectivity index (χ1v) is 5.04. The summed E-state index contributed by atoms with van der Waals surface area (Å²) in [5, 5.41) is 0. The highest BCUT2D eigenvalue weighted by atomic mass is 16.5. The molecule has 1 atom stereocenters. The third-order valence-electron chi connectivity index (χ3n) is 2.65. The van der Waals surface area contributed by atoms with Crippen molar-refractivity contribution < 1.29 is 9.53 Å². The molecule has 0 saturated heterocycles. The molecule has 0 bridgehead atoms. The number of rotatable bonds is 3. The first kappa shape index (κ1) is 10.3. The second-order valence-corrected chi connectivity index (χ2v) is 3.71. The fourth-order valence-corrected chi connectivity index (χ4v) is 1.99. The van der Waals surface area contributed by atoms with Crippen molar-refractivity contribution in [2.24, 2.45) is 5.92 Å². The smallest absolute Gasteiger partial charge is 0.303 e. The van der Waals surface area contributed by atoms with Crippen LogP contribution in [0.1, 0.15) is 39.0 Å². The molecule has 0 heterocycles. The summed E-state index contributed by atoms with van der Waals surface area (Å²) >= 11 is 0. The monoisotopic (exact) mass is 182 g/mol. The molecule has 0 aromatic heterocycles. The second kappa shape index (κ2) is 5.05. The molecular weight excluding hydrogens is 164 g/mol. The summed E-state index contributed by atoms with van der Waals surface area (Å²) in [4.78, 5) is 10.8. The molecule has 0 unspecified atom stereocenters. The van der Waals surface area contributed by atoms with E-state index in [4.69, 9.17) is 4.74 Å². The van der Waals surface area contributed by atoms with E-state index in [-0.39, 0.29) is 12.1 Å². The largest absolute Gasteiger partial charge is 0.458 e. The molecule has 0 spiro atoms. The van der Waals surface area contributed by atoms with E-state index in [1.165, 1.54) is 39.0 Å². The normalized spacial score (nSPS) is 20.7. The zero-order chi connectivity index (χ0) is 9.68. The molecule has 0 N–H and O–H groups in total. The summed E-state index contributed by atoms with van der Waals surface area (Å²) in [7, 11) is 0. The Bertz CT molecular complexity index is 181. The molecule has 13 heavy (non-hydrogen) atoms.